The molecule has 6 heteroatoms. The van der Waals surface area contributed by atoms with E-state index < -0.39 is 5.92 Å². The van der Waals surface area contributed by atoms with E-state index in [2.05, 4.69) is 27.3 Å². The molecule has 1 aliphatic rings. The molecule has 1 N–H and O–H groups in total. The van der Waals surface area contributed by atoms with Gasteiger partial charge in [0.15, 0.2) is 0 Å². The molecule has 0 spiro atoms. The highest BCUT2D eigenvalue weighted by Crippen LogP contribution is 2.40. The summed E-state index contributed by atoms with van der Waals surface area (Å²) in [6.07, 6.45) is 0. The van der Waals surface area contributed by atoms with Gasteiger partial charge in [0, 0.05) is 22.6 Å². The first-order chi connectivity index (χ1) is 14.1. The third-order valence-corrected chi connectivity index (χ3v) is 5.38. The number of nitriles is 2. The molecule has 0 aliphatic carbocycles. The van der Waals surface area contributed by atoms with Crippen molar-refractivity contribution < 1.29 is 4.74 Å². The highest BCUT2D eigenvalue weighted by molar-refractivity contribution is 5.95. The van der Waals surface area contributed by atoms with E-state index in [-0.39, 0.29) is 5.92 Å². The van der Waals surface area contributed by atoms with Gasteiger partial charge < -0.3 is 4.74 Å². The van der Waals surface area contributed by atoms with Gasteiger partial charge in [0.25, 0.3) is 0 Å². The summed E-state index contributed by atoms with van der Waals surface area (Å²) in [5.41, 5.74) is 5.46. The molecular weight excluding hydrogens is 362 g/mol. The second kappa shape index (κ2) is 7.26. The Morgan fingerprint density at radius 1 is 1.10 bits per heavy atom. The molecule has 0 fully saturated rings. The molecule has 4 rings (SSSR count). The standard InChI is InChI=1S/C23H19N5O/c1-13-19(11-24)22(20(12-25)14(2)26-13)15-7-8-21-18(10-15)23(28-27-21)16-5-4-6-17(9-16)29-3/h4-10,19,22H,1-3H3,(H,27,28). The summed E-state index contributed by atoms with van der Waals surface area (Å²) < 4.78 is 5.34. The minimum Gasteiger partial charge on any atom is -0.497 e. The molecule has 2 aromatic carbocycles. The second-order valence-electron chi connectivity index (χ2n) is 7.06. The first-order valence-corrected chi connectivity index (χ1v) is 9.25. The highest BCUT2D eigenvalue weighted by Gasteiger charge is 2.34. The van der Waals surface area contributed by atoms with Gasteiger partial charge >= 0.3 is 0 Å². The lowest BCUT2D eigenvalue weighted by molar-refractivity contribution is 0.415. The van der Waals surface area contributed by atoms with Crippen molar-refractivity contribution in [3.05, 3.63) is 59.3 Å². The van der Waals surface area contributed by atoms with Crippen molar-refractivity contribution in [2.24, 2.45) is 10.9 Å². The van der Waals surface area contributed by atoms with E-state index in [1.54, 1.807) is 7.11 Å². The van der Waals surface area contributed by atoms with Crippen LogP contribution in [-0.4, -0.2) is 23.0 Å². The number of ether oxygens (including phenoxy) is 1. The first kappa shape index (κ1) is 18.5. The van der Waals surface area contributed by atoms with Crippen LogP contribution in [0.5, 0.6) is 5.75 Å². The van der Waals surface area contributed by atoms with Crippen molar-refractivity contribution in [1.82, 2.24) is 10.2 Å². The molecule has 2 atom stereocenters. The lowest BCUT2D eigenvalue weighted by atomic mass is 9.76. The van der Waals surface area contributed by atoms with Crippen LogP contribution in [0.3, 0.4) is 0 Å². The predicted octanol–water partition coefficient (Wildman–Crippen LogP) is 4.73. The van der Waals surface area contributed by atoms with E-state index in [1.807, 2.05) is 56.3 Å². The predicted molar refractivity (Wildman–Crippen MR) is 111 cm³/mol. The summed E-state index contributed by atoms with van der Waals surface area (Å²) in [6, 6.07) is 18.2. The summed E-state index contributed by atoms with van der Waals surface area (Å²) >= 11 is 0. The Morgan fingerprint density at radius 2 is 1.93 bits per heavy atom. The fourth-order valence-corrected chi connectivity index (χ4v) is 3.92. The Balaban J connectivity index is 1.89. The number of nitrogens with one attached hydrogen (secondary N) is 1. The van der Waals surface area contributed by atoms with Crippen molar-refractivity contribution in [3.63, 3.8) is 0 Å². The number of hydrogen-bond acceptors (Lipinski definition) is 5. The van der Waals surface area contributed by atoms with Crippen LogP contribution in [0.4, 0.5) is 0 Å². The van der Waals surface area contributed by atoms with E-state index in [9.17, 15) is 10.5 Å². The fourth-order valence-electron chi connectivity index (χ4n) is 3.92. The number of aromatic nitrogens is 2. The molecular formula is C23H19N5O. The summed E-state index contributed by atoms with van der Waals surface area (Å²) in [6.45, 7) is 3.66. The first-order valence-electron chi connectivity index (χ1n) is 9.25. The van der Waals surface area contributed by atoms with Gasteiger partial charge in [-0.05, 0) is 43.7 Å². The number of nitrogens with zero attached hydrogens (tertiary/aromatic N) is 4. The number of aliphatic imine (C=N–C) groups is 1. The number of allylic oxidation sites excluding steroid dienone is 2. The number of aromatic amines is 1. The van der Waals surface area contributed by atoms with Crippen LogP contribution >= 0.6 is 0 Å². The molecule has 0 amide bonds. The number of hydrogen-bond donors (Lipinski definition) is 1. The molecule has 0 saturated heterocycles. The topological polar surface area (TPSA) is 97.8 Å². The zero-order chi connectivity index (χ0) is 20.5. The van der Waals surface area contributed by atoms with Crippen molar-refractivity contribution >= 4 is 16.6 Å². The Labute approximate surface area is 168 Å². The minimum absolute atomic E-state index is 0.347. The molecule has 0 bridgehead atoms. The molecule has 2 heterocycles. The van der Waals surface area contributed by atoms with Gasteiger partial charge in [-0.3, -0.25) is 10.1 Å². The number of fused-ring (bicyclic) bond motifs is 1. The minimum atomic E-state index is -0.474. The quantitative estimate of drug-likeness (QED) is 0.709. The number of H-pyrrole nitrogens is 1. The largest absolute Gasteiger partial charge is 0.497 e. The van der Waals surface area contributed by atoms with Crippen molar-refractivity contribution in [2.45, 2.75) is 19.8 Å². The third kappa shape index (κ3) is 3.05. The second-order valence-corrected chi connectivity index (χ2v) is 7.06. The van der Waals surface area contributed by atoms with Crippen LogP contribution in [0.1, 0.15) is 25.3 Å². The monoisotopic (exact) mass is 381 g/mol. The molecule has 1 aliphatic heterocycles. The van der Waals surface area contributed by atoms with Crippen LogP contribution in [0, 0.1) is 28.6 Å². The van der Waals surface area contributed by atoms with Gasteiger partial charge in [-0.1, -0.05) is 18.2 Å². The lowest BCUT2D eigenvalue weighted by Gasteiger charge is -2.26. The van der Waals surface area contributed by atoms with E-state index in [1.165, 1.54) is 0 Å². The third-order valence-electron chi connectivity index (χ3n) is 5.38. The molecule has 0 saturated carbocycles. The van der Waals surface area contributed by atoms with E-state index in [0.29, 0.717) is 11.3 Å². The van der Waals surface area contributed by atoms with Crippen LogP contribution in [0.25, 0.3) is 22.2 Å². The molecule has 142 valence electrons. The Hall–Kier alpha value is -3.90. The average Bonchev–Trinajstić information content (AvgIpc) is 3.16. The molecule has 0 radical (unpaired) electrons. The number of benzene rings is 2. The van der Waals surface area contributed by atoms with Crippen molar-refractivity contribution in [3.8, 4) is 29.1 Å². The number of rotatable bonds is 3. The Morgan fingerprint density at radius 3 is 2.66 bits per heavy atom. The summed E-state index contributed by atoms with van der Waals surface area (Å²) in [7, 11) is 1.63. The highest BCUT2D eigenvalue weighted by atomic mass is 16.5. The van der Waals surface area contributed by atoms with Gasteiger partial charge in [-0.15, -0.1) is 0 Å². The summed E-state index contributed by atoms with van der Waals surface area (Å²) in [4.78, 5) is 4.42. The van der Waals surface area contributed by atoms with Gasteiger partial charge in [-0.2, -0.15) is 15.6 Å². The smallest absolute Gasteiger partial charge is 0.119 e. The van der Waals surface area contributed by atoms with Gasteiger partial charge in [0.05, 0.1) is 42.0 Å². The molecule has 6 nitrogen and oxygen atoms in total. The Kier molecular flexibility index (Phi) is 4.62. The zero-order valence-corrected chi connectivity index (χ0v) is 16.4. The average molecular weight is 381 g/mol. The molecule has 3 aromatic rings. The van der Waals surface area contributed by atoms with Crippen LogP contribution in [0.2, 0.25) is 0 Å². The van der Waals surface area contributed by atoms with Gasteiger partial charge in [0.1, 0.15) is 11.4 Å². The zero-order valence-electron chi connectivity index (χ0n) is 16.4. The molecule has 1 aromatic heterocycles. The fraction of sp³-hybridized carbons (Fsp3) is 0.217. The van der Waals surface area contributed by atoms with Gasteiger partial charge in [-0.25, -0.2) is 0 Å². The van der Waals surface area contributed by atoms with Crippen LogP contribution < -0.4 is 4.74 Å². The Bertz CT molecular complexity index is 1250. The van der Waals surface area contributed by atoms with Crippen molar-refractivity contribution in [2.75, 3.05) is 7.11 Å². The van der Waals surface area contributed by atoms with Crippen LogP contribution in [-0.2, 0) is 0 Å². The number of methoxy groups -OCH3 is 1. The summed E-state index contributed by atoms with van der Waals surface area (Å²) in [5.74, 6) is -0.0679. The van der Waals surface area contributed by atoms with E-state index in [0.717, 1.165) is 39.2 Å². The van der Waals surface area contributed by atoms with Crippen molar-refractivity contribution in [1.29, 1.82) is 10.5 Å². The molecule has 29 heavy (non-hydrogen) atoms. The van der Waals surface area contributed by atoms with Gasteiger partial charge in [0.2, 0.25) is 0 Å². The normalized spacial score (nSPS) is 18.9. The molecule has 2 unspecified atom stereocenters. The maximum Gasteiger partial charge on any atom is 0.119 e. The maximum absolute atomic E-state index is 9.76. The van der Waals surface area contributed by atoms with E-state index in [4.69, 9.17) is 4.74 Å². The SMILES string of the molecule is COc1cccc(-c2n[nH]c3ccc(C4C(C#N)=C(C)N=C(C)C4C#N)cc23)c1. The lowest BCUT2D eigenvalue weighted by Crippen LogP contribution is -2.24. The summed E-state index contributed by atoms with van der Waals surface area (Å²) in [5, 5.41) is 28.0. The maximum atomic E-state index is 9.76. The van der Waals surface area contributed by atoms with E-state index >= 15 is 0 Å². The van der Waals surface area contributed by atoms with Crippen LogP contribution in [0.15, 0.2) is 58.7 Å².